The smallest absolute Gasteiger partial charge is 0.269 e. The topological polar surface area (TPSA) is 40.8 Å². The van der Waals surface area contributed by atoms with E-state index in [-0.39, 0.29) is 32.6 Å². The first-order valence-electron chi connectivity index (χ1n) is 30.7. The number of rotatable bonds is 10. The van der Waals surface area contributed by atoms with Crippen molar-refractivity contribution in [2.45, 2.75) is 72.6 Å². The summed E-state index contributed by atoms with van der Waals surface area (Å²) in [7, 11) is 0. The highest BCUT2D eigenvalue weighted by atomic mass is 16.5. The maximum atomic E-state index is 9.53. The van der Waals surface area contributed by atoms with Gasteiger partial charge in [-0.25, -0.2) is 4.98 Å². The average Bonchev–Trinajstić information content (AvgIpc) is 1.55. The van der Waals surface area contributed by atoms with Crippen LogP contribution in [0.25, 0.3) is 99.8 Å². The minimum atomic E-state index is -0.514. The number of aromatic nitrogens is 5. The van der Waals surface area contributed by atoms with E-state index in [0.717, 1.165) is 67.5 Å². The van der Waals surface area contributed by atoms with Crippen molar-refractivity contribution >= 4 is 54.6 Å². The lowest BCUT2D eigenvalue weighted by Gasteiger charge is -2.27. The summed E-state index contributed by atoms with van der Waals surface area (Å²) >= 11 is 0. The largest absolute Gasteiger partial charge is 0.458 e. The Bertz CT molecular complexity index is 4820. The van der Waals surface area contributed by atoms with Gasteiger partial charge in [-0.2, -0.15) is 0 Å². The van der Waals surface area contributed by atoms with Crippen molar-refractivity contribution in [3.05, 3.63) is 241 Å². The van der Waals surface area contributed by atoms with E-state index in [9.17, 15) is 5.48 Å². The molecule has 0 atom stereocenters. The summed E-state index contributed by atoms with van der Waals surface area (Å²) in [6.45, 7) is 17.9. The zero-order valence-electron chi connectivity index (χ0n) is 53.1. The van der Waals surface area contributed by atoms with Crippen molar-refractivity contribution in [2.24, 2.45) is 5.92 Å². The Morgan fingerprint density at radius 1 is 0.551 bits per heavy atom. The van der Waals surface area contributed by atoms with Crippen molar-refractivity contribution in [1.29, 1.82) is 0 Å². The van der Waals surface area contributed by atoms with Crippen molar-refractivity contribution < 1.29 is 20.3 Å². The lowest BCUT2D eigenvalue weighted by molar-refractivity contribution is -0.571. The molecule has 4 aromatic heterocycles. The zero-order chi connectivity index (χ0) is 60.4. The van der Waals surface area contributed by atoms with Gasteiger partial charge in [-0.05, 0) is 111 Å². The fourth-order valence-corrected chi connectivity index (χ4v) is 11.1. The highest BCUT2D eigenvalue weighted by molar-refractivity contribution is 6.16. The maximum absolute atomic E-state index is 9.53. The number of hydrogen-bond acceptors (Lipinski definition) is 2. The molecule has 0 fully saturated rings. The summed E-state index contributed by atoms with van der Waals surface area (Å²) in [6, 6.07) is 52.2. The van der Waals surface area contributed by atoms with Gasteiger partial charge in [0.05, 0.1) is 61.1 Å². The first-order valence-corrected chi connectivity index (χ1v) is 26.7. The van der Waals surface area contributed by atoms with Gasteiger partial charge in [0.2, 0.25) is 0 Å². The molecule has 382 valence electrons. The van der Waals surface area contributed by atoms with Crippen molar-refractivity contribution in [3.8, 4) is 56.6 Å². The number of nitrogens with zero attached hydrogens (tertiary/aromatic N) is 5. The molecule has 13 rings (SSSR count). The summed E-state index contributed by atoms with van der Waals surface area (Å²) in [5.74, 6) is 1.82. The highest BCUT2D eigenvalue weighted by Crippen LogP contribution is 2.44. The van der Waals surface area contributed by atoms with Crippen LogP contribution in [-0.4, -0.2) is 18.7 Å². The molecule has 9 aromatic carbocycles. The summed E-state index contributed by atoms with van der Waals surface area (Å²) in [6.07, 6.45) is 6.46. The van der Waals surface area contributed by atoms with Crippen LogP contribution in [0, 0.1) is 12.2 Å². The molecule has 0 spiro atoms. The SMILES string of the molecule is [2H]c1c([2H])c([2H])c2c(c1[2H])c1c([2H])c([2H])c([2H])c([2H])c1n2-c1cc(Oc2cccc(-n3[c-][n+](-c4c(-c5ccccc5)cccc4-c4cc(C(C)(C)C)cc(C(C)(C)C)c4)c4ccccc43)c2)cc2c1c1ccccc1n2-c1cc(CC(C)C)ccn1. The lowest BCUT2D eigenvalue weighted by Crippen LogP contribution is -2.31. The van der Waals surface area contributed by atoms with Crippen LogP contribution in [-0.2, 0) is 17.3 Å². The molecule has 4 heterocycles. The van der Waals surface area contributed by atoms with Crippen molar-refractivity contribution in [1.82, 2.24) is 18.7 Å². The van der Waals surface area contributed by atoms with Gasteiger partial charge in [0.25, 0.3) is 6.33 Å². The van der Waals surface area contributed by atoms with Crippen LogP contribution < -0.4 is 9.30 Å². The molecule has 0 aliphatic rings. The summed E-state index contributed by atoms with van der Waals surface area (Å²) in [5, 5.41) is 1.38. The third kappa shape index (κ3) is 8.53. The molecule has 0 N–H and O–H groups in total. The van der Waals surface area contributed by atoms with E-state index in [0.29, 0.717) is 39.8 Å². The number of hydrogen-bond donors (Lipinski definition) is 0. The maximum Gasteiger partial charge on any atom is 0.269 e. The second kappa shape index (κ2) is 18.9. The third-order valence-corrected chi connectivity index (χ3v) is 14.9. The van der Waals surface area contributed by atoms with Crippen molar-refractivity contribution in [3.63, 3.8) is 0 Å². The Labute approximate surface area is 468 Å². The van der Waals surface area contributed by atoms with Crippen molar-refractivity contribution in [2.75, 3.05) is 0 Å². The predicted molar refractivity (Wildman–Crippen MR) is 323 cm³/mol. The second-order valence-corrected chi connectivity index (χ2v) is 22.8. The van der Waals surface area contributed by atoms with Gasteiger partial charge in [0.1, 0.15) is 17.3 Å². The van der Waals surface area contributed by atoms with E-state index in [1.54, 1.807) is 16.8 Å². The van der Waals surface area contributed by atoms with Gasteiger partial charge in [-0.3, -0.25) is 13.7 Å². The van der Waals surface area contributed by atoms with Gasteiger partial charge in [-0.15, -0.1) is 0 Å². The van der Waals surface area contributed by atoms with E-state index >= 15 is 0 Å². The molecule has 0 saturated carbocycles. The Morgan fingerprint density at radius 3 is 1.90 bits per heavy atom. The number of benzene rings is 9. The molecule has 0 unspecified atom stereocenters. The summed E-state index contributed by atoms with van der Waals surface area (Å²) in [5.41, 5.74) is 13.0. The first kappa shape index (κ1) is 40.3. The van der Waals surface area contributed by atoms with Gasteiger partial charge < -0.3 is 9.30 Å². The minimum absolute atomic E-state index is 0.00390. The standard InChI is InChI=1S/C72H63N5O/c1-47(2)38-48-36-37-73-68(39-48)77-63-33-17-14-28-60(63)69-66(76-61-31-15-12-26-58(61)59-27-13-16-32-62(59)76)44-55(45-67(69)77)78-54-25-20-24-53(43-54)74-46-75(65-35-19-18-34-64(65)74)70-56(49-22-10-9-11-23-49)29-21-30-57(70)50-40-51(71(3,4)5)42-52(41-50)72(6,7)8/h9-37,39-45,47H,38H2,1-8H3/i12D,13D,15D,16D,26D,27D,31D,32D. The molecular formula is C72H63N5O. The molecule has 0 bridgehead atoms. The lowest BCUT2D eigenvalue weighted by atomic mass is 9.78. The van der Waals surface area contributed by atoms with Crippen LogP contribution in [0.1, 0.15) is 83.0 Å². The first-order chi connectivity index (χ1) is 41.1. The normalized spacial score (nSPS) is 13.7. The monoisotopic (exact) mass is 1020 g/mol. The third-order valence-electron chi connectivity index (χ3n) is 14.9. The van der Waals surface area contributed by atoms with E-state index in [2.05, 4.69) is 160 Å². The average molecular weight is 1020 g/mol. The minimum Gasteiger partial charge on any atom is -0.458 e. The van der Waals surface area contributed by atoms with E-state index in [4.69, 9.17) is 15.2 Å². The van der Waals surface area contributed by atoms with Crippen LogP contribution in [0.4, 0.5) is 0 Å². The molecule has 0 amide bonds. The Hall–Kier alpha value is -9.00. The number of ether oxygens (including phenoxy) is 1. The van der Waals surface area contributed by atoms with E-state index in [1.165, 1.54) is 11.1 Å². The molecular weight excluding hydrogens is 951 g/mol. The Balaban J connectivity index is 1.05. The number of pyridine rings is 1. The van der Waals surface area contributed by atoms with E-state index < -0.39 is 48.3 Å². The zero-order valence-corrected chi connectivity index (χ0v) is 45.1. The van der Waals surface area contributed by atoms with Crippen LogP contribution in [0.15, 0.2) is 218 Å². The van der Waals surface area contributed by atoms with Gasteiger partial charge in [-0.1, -0.05) is 207 Å². The molecule has 6 nitrogen and oxygen atoms in total. The highest BCUT2D eigenvalue weighted by Gasteiger charge is 2.26. The van der Waals surface area contributed by atoms with Gasteiger partial charge in [0.15, 0.2) is 0 Å². The fraction of sp³-hybridized carbons (Fsp3) is 0.167. The van der Waals surface area contributed by atoms with Gasteiger partial charge in [0, 0.05) is 39.9 Å². The molecule has 78 heavy (non-hydrogen) atoms. The Morgan fingerprint density at radius 2 is 1.19 bits per heavy atom. The van der Waals surface area contributed by atoms with Gasteiger partial charge >= 0.3 is 0 Å². The summed E-state index contributed by atoms with van der Waals surface area (Å²) in [4.78, 5) is 4.96. The van der Waals surface area contributed by atoms with Crippen LogP contribution in [0.3, 0.4) is 0 Å². The molecule has 6 heteroatoms. The second-order valence-electron chi connectivity index (χ2n) is 22.8. The van der Waals surface area contributed by atoms with Crippen LogP contribution in [0.2, 0.25) is 0 Å². The van der Waals surface area contributed by atoms with Crippen LogP contribution >= 0.6 is 0 Å². The molecule has 13 aromatic rings. The predicted octanol–water partition coefficient (Wildman–Crippen LogP) is 18.2. The summed E-state index contributed by atoms with van der Waals surface area (Å²) < 4.78 is 88.2. The number of fused-ring (bicyclic) bond motifs is 7. The van der Waals surface area contributed by atoms with E-state index in [1.807, 2.05) is 72.8 Å². The Kier molecular flexibility index (Phi) is 9.77. The fourth-order valence-electron chi connectivity index (χ4n) is 11.1. The van der Waals surface area contributed by atoms with Crippen LogP contribution in [0.5, 0.6) is 11.5 Å². The molecule has 0 radical (unpaired) electrons. The molecule has 0 aliphatic heterocycles. The molecule has 0 saturated heterocycles. The quantitative estimate of drug-likeness (QED) is 0.101. The number of para-hydroxylation sites is 6. The number of imidazole rings is 1. The molecule has 0 aliphatic carbocycles.